The van der Waals surface area contributed by atoms with Crippen molar-refractivity contribution in [3.05, 3.63) is 61.7 Å². The molecule has 0 unspecified atom stereocenters. The van der Waals surface area contributed by atoms with Crippen molar-refractivity contribution in [1.29, 1.82) is 0 Å². The first kappa shape index (κ1) is 25.3. The Hall–Kier alpha value is 0.104. The van der Waals surface area contributed by atoms with Crippen molar-refractivity contribution in [2.45, 2.75) is 34.6 Å². The molecule has 2 fully saturated rings. The Morgan fingerprint density at radius 2 is 0.870 bits per heavy atom. The minimum absolute atomic E-state index is 0. The number of rotatable bonds is 0. The van der Waals surface area contributed by atoms with Gasteiger partial charge in [0.1, 0.15) is 5.78 Å². The topological polar surface area (TPSA) is 17.1 Å². The van der Waals surface area contributed by atoms with Crippen LogP contribution in [0.3, 0.4) is 0 Å². The number of hydrogen-bond donors (Lipinski definition) is 0. The van der Waals surface area contributed by atoms with Crippen LogP contribution < -0.4 is 0 Å². The van der Waals surface area contributed by atoms with Gasteiger partial charge in [0.05, 0.1) is 0 Å². The summed E-state index contributed by atoms with van der Waals surface area (Å²) in [7, 11) is -6.00. The molecule has 2 rings (SSSR count). The van der Waals surface area contributed by atoms with Crippen molar-refractivity contribution in [2.24, 2.45) is 0 Å². The van der Waals surface area contributed by atoms with Gasteiger partial charge in [-0.05, 0) is 48.9 Å². The zero-order valence-electron chi connectivity index (χ0n) is 13.7. The Labute approximate surface area is 151 Å². The molecule has 0 heterocycles. The first-order chi connectivity index (χ1) is 9.95. The number of carbonyl (C=O) groups is 1. The second-order valence-corrected chi connectivity index (χ2v) is 4.93. The summed E-state index contributed by atoms with van der Waals surface area (Å²) in [5, 5.41) is 0. The molecule has 2 aliphatic carbocycles. The normalized spacial score (nSPS) is 21.9. The fourth-order valence-electron chi connectivity index (χ4n) is 1.83. The van der Waals surface area contributed by atoms with E-state index in [0.717, 1.165) is 0 Å². The molecule has 2 saturated carbocycles. The van der Waals surface area contributed by atoms with Crippen molar-refractivity contribution in [3.8, 4) is 0 Å². The van der Waals surface area contributed by atoms with Crippen molar-refractivity contribution in [3.63, 3.8) is 0 Å². The molecule has 2 aliphatic rings. The molecular formula is C16H20BF4IrO-. The average molecular weight is 507 g/mol. The van der Waals surface area contributed by atoms with Gasteiger partial charge in [0, 0.05) is 32.9 Å². The zero-order chi connectivity index (χ0) is 17.5. The molecule has 0 aromatic heterocycles. The Morgan fingerprint density at radius 3 is 1.00 bits per heavy atom. The summed E-state index contributed by atoms with van der Waals surface area (Å²) in [5.41, 5.74) is 0. The van der Waals surface area contributed by atoms with Crippen LogP contribution in [0.4, 0.5) is 17.3 Å². The second kappa shape index (κ2) is 11.6. The third-order valence-corrected chi connectivity index (χ3v) is 3.56. The number of hydrogen-bond acceptors (Lipinski definition) is 1. The standard InChI is InChI=1S/C10H15.C6H5O.BF4.Ir/c1-6-7(2)9(4)10(5)8(6)3;7-6-4-2-1-3-5-6;2-1(3,4)5;/h1-5H3;1-5H;;/q;;-1;. The van der Waals surface area contributed by atoms with Gasteiger partial charge in [-0.1, -0.05) is 34.6 Å². The van der Waals surface area contributed by atoms with Gasteiger partial charge in [0.15, 0.2) is 0 Å². The predicted octanol–water partition coefficient (Wildman–Crippen LogP) is 4.86. The fraction of sp³-hybridized carbons (Fsp3) is 0.312. The molecule has 131 valence electrons. The van der Waals surface area contributed by atoms with Crippen LogP contribution in [0.15, 0.2) is 0 Å². The van der Waals surface area contributed by atoms with E-state index in [9.17, 15) is 22.1 Å². The van der Waals surface area contributed by atoms with Crippen molar-refractivity contribution in [1.82, 2.24) is 0 Å². The van der Waals surface area contributed by atoms with Crippen LogP contribution >= 0.6 is 0 Å². The molecule has 23 heavy (non-hydrogen) atoms. The van der Waals surface area contributed by atoms with Gasteiger partial charge in [-0.2, -0.15) is 0 Å². The van der Waals surface area contributed by atoms with E-state index in [1.54, 1.807) is 12.8 Å². The molecular weight excluding hydrogens is 487 g/mol. The maximum Gasteiger partial charge on any atom is 0.673 e. The molecule has 0 atom stereocenters. The molecule has 0 bridgehead atoms. The summed E-state index contributed by atoms with van der Waals surface area (Å²) in [5.74, 6) is 7.41. The predicted molar refractivity (Wildman–Crippen MR) is 81.3 cm³/mol. The van der Waals surface area contributed by atoms with Gasteiger partial charge in [-0.3, -0.25) is 4.79 Å². The van der Waals surface area contributed by atoms with Crippen molar-refractivity contribution < 1.29 is 42.2 Å². The minimum atomic E-state index is -6.00. The summed E-state index contributed by atoms with van der Waals surface area (Å²) in [6, 6.07) is 0. The van der Waals surface area contributed by atoms with Crippen LogP contribution in [0.1, 0.15) is 34.6 Å². The molecule has 1 nitrogen and oxygen atoms in total. The van der Waals surface area contributed by atoms with Crippen molar-refractivity contribution in [2.75, 3.05) is 0 Å². The first-order valence-corrected chi connectivity index (χ1v) is 6.74. The largest absolute Gasteiger partial charge is 0.673 e. The summed E-state index contributed by atoms with van der Waals surface area (Å²) >= 11 is 0. The molecule has 7 heteroatoms. The number of halogens is 4. The van der Waals surface area contributed by atoms with E-state index < -0.39 is 7.25 Å². The van der Waals surface area contributed by atoms with Crippen LogP contribution in [0.5, 0.6) is 0 Å². The SMILES string of the molecule is C[C]1[C](C)[C](C)[C](C)[C]1C.F[B-](F)(F)F.O=C1[CH][CH][CH][CH][CH]1.[Ir]. The van der Waals surface area contributed by atoms with E-state index in [4.69, 9.17) is 0 Å². The van der Waals surface area contributed by atoms with Gasteiger partial charge in [0.25, 0.3) is 0 Å². The van der Waals surface area contributed by atoms with Crippen LogP contribution in [0.25, 0.3) is 0 Å². The van der Waals surface area contributed by atoms with E-state index in [0.29, 0.717) is 0 Å². The number of carbonyl (C=O) groups excluding carboxylic acids is 1. The molecule has 0 aromatic carbocycles. The molecule has 0 aromatic rings. The van der Waals surface area contributed by atoms with E-state index in [-0.39, 0.29) is 25.9 Å². The molecule has 0 saturated heterocycles. The maximum atomic E-state index is 10.3. The Morgan fingerprint density at radius 1 is 0.652 bits per heavy atom. The van der Waals surface area contributed by atoms with Crippen LogP contribution in [-0.4, -0.2) is 13.0 Å². The van der Waals surface area contributed by atoms with E-state index in [1.165, 1.54) is 42.4 Å². The number of Topliss-reactive ketones (excluding diaryl/α,β-unsaturated/α-hetero) is 1. The first-order valence-electron chi connectivity index (χ1n) is 6.74. The molecule has 0 spiro atoms. The van der Waals surface area contributed by atoms with Crippen LogP contribution in [0.2, 0.25) is 0 Å². The average Bonchev–Trinajstić information content (AvgIpc) is 2.57. The molecule has 11 radical (unpaired) electrons. The van der Waals surface area contributed by atoms with Gasteiger partial charge in [-0.25, -0.2) is 0 Å². The third kappa shape index (κ3) is 11.3. The van der Waals surface area contributed by atoms with Gasteiger partial charge < -0.3 is 17.3 Å². The van der Waals surface area contributed by atoms with Crippen molar-refractivity contribution >= 4 is 13.0 Å². The minimum Gasteiger partial charge on any atom is -0.418 e. The van der Waals surface area contributed by atoms with E-state index >= 15 is 0 Å². The number of ketones is 1. The summed E-state index contributed by atoms with van der Waals surface area (Å²) < 4.78 is 39.0. The van der Waals surface area contributed by atoms with E-state index in [1.807, 2.05) is 6.42 Å². The Kier molecular flexibility index (Phi) is 12.8. The van der Waals surface area contributed by atoms with Gasteiger partial charge in [-0.15, -0.1) is 0 Å². The monoisotopic (exact) mass is 508 g/mol. The summed E-state index contributed by atoms with van der Waals surface area (Å²) in [6.45, 7) is 11.0. The smallest absolute Gasteiger partial charge is 0.418 e. The summed E-state index contributed by atoms with van der Waals surface area (Å²) in [4.78, 5) is 10.3. The third-order valence-electron chi connectivity index (χ3n) is 3.56. The Balaban J connectivity index is 0. The summed E-state index contributed by atoms with van der Waals surface area (Å²) in [6.07, 6.45) is 8.33. The zero-order valence-corrected chi connectivity index (χ0v) is 16.1. The van der Waals surface area contributed by atoms with Crippen LogP contribution in [-0.2, 0) is 24.9 Å². The Bertz CT molecular complexity index is 280. The molecule has 0 N–H and O–H groups in total. The van der Waals surface area contributed by atoms with Gasteiger partial charge in [0.2, 0.25) is 0 Å². The molecule has 0 amide bonds. The van der Waals surface area contributed by atoms with Gasteiger partial charge >= 0.3 is 7.25 Å². The fourth-order valence-corrected chi connectivity index (χ4v) is 1.83. The van der Waals surface area contributed by atoms with Crippen LogP contribution in [0, 0.1) is 61.7 Å². The molecule has 0 aliphatic heterocycles. The quantitative estimate of drug-likeness (QED) is 0.338. The van der Waals surface area contributed by atoms with E-state index in [2.05, 4.69) is 34.6 Å². The maximum absolute atomic E-state index is 10.3. The second-order valence-electron chi connectivity index (χ2n) is 4.93.